The van der Waals surface area contributed by atoms with Gasteiger partial charge in [0.05, 0.1) is 11.4 Å². The van der Waals surface area contributed by atoms with Crippen molar-refractivity contribution in [2.45, 2.75) is 30.2 Å². The number of nitrogens with one attached hydrogen (secondary N) is 1. The summed E-state index contributed by atoms with van der Waals surface area (Å²) >= 11 is 16.7. The van der Waals surface area contributed by atoms with Gasteiger partial charge in [-0.2, -0.15) is 18.6 Å². The molecule has 0 saturated carbocycles. The van der Waals surface area contributed by atoms with Crippen LogP contribution in [0, 0.1) is 6.92 Å². The van der Waals surface area contributed by atoms with Gasteiger partial charge in [0, 0.05) is 18.2 Å². The quantitative estimate of drug-likeness (QED) is 0.170. The number of nitrogens with zero attached hydrogens (tertiary/aromatic N) is 2. The molecule has 2 aromatic carbocycles. The highest BCUT2D eigenvalue weighted by Crippen LogP contribution is 2.32. The zero-order chi connectivity index (χ0) is 28.3. The molecule has 8 nitrogen and oxygen atoms in total. The lowest BCUT2D eigenvalue weighted by Gasteiger charge is -2.14. The van der Waals surface area contributed by atoms with E-state index in [2.05, 4.69) is 15.2 Å². The van der Waals surface area contributed by atoms with Gasteiger partial charge in [-0.3, -0.25) is 4.79 Å². The molecule has 0 unspecified atom stereocenters. The van der Waals surface area contributed by atoms with Crippen molar-refractivity contribution < 1.29 is 41.4 Å². The van der Waals surface area contributed by atoms with Gasteiger partial charge < -0.3 is 19.5 Å². The van der Waals surface area contributed by atoms with Gasteiger partial charge in [-0.15, -0.1) is 0 Å². The number of carbonyl (C=O) groups is 2. The summed E-state index contributed by atoms with van der Waals surface area (Å²) in [6.45, 7) is -1.63. The second kappa shape index (κ2) is 11.7. The number of benzene rings is 2. The molecule has 0 spiro atoms. The Kier molecular flexibility index (Phi) is 9.01. The monoisotopic (exact) mass is 597 g/mol. The van der Waals surface area contributed by atoms with Crippen LogP contribution in [0.15, 0.2) is 48.5 Å². The van der Waals surface area contributed by atoms with Crippen LogP contribution in [0.2, 0.25) is 0 Å². The molecule has 38 heavy (non-hydrogen) atoms. The summed E-state index contributed by atoms with van der Waals surface area (Å²) in [6.07, 6.45) is -1.36. The number of carbonyl (C=O) groups excluding carboxylic acids is 2. The Morgan fingerprint density at radius 3 is 2.34 bits per heavy atom. The smallest absolute Gasteiger partial charge is 0.435 e. The third kappa shape index (κ3) is 7.89. The number of aryl methyl sites for hydroxylation is 1. The molecule has 3 aromatic rings. The molecule has 0 aliphatic carbocycles. The molecule has 0 atom stereocenters. The molecule has 15 heteroatoms. The third-order valence-electron chi connectivity index (χ3n) is 4.71. The largest absolute Gasteiger partial charge is 0.515 e. The molecule has 0 radical (unpaired) electrons. The minimum Gasteiger partial charge on any atom is -0.435 e. The molecular formula is C23H18Cl3F4N3O5. The topological polar surface area (TPSA) is 91.7 Å². The molecule has 0 bridgehead atoms. The van der Waals surface area contributed by atoms with Crippen LogP contribution in [0.1, 0.15) is 28.5 Å². The summed E-state index contributed by atoms with van der Waals surface area (Å²) in [5.74, 6) is -4.65. The van der Waals surface area contributed by atoms with Crippen molar-refractivity contribution in [2.24, 2.45) is 0 Å². The van der Waals surface area contributed by atoms with E-state index in [0.29, 0.717) is 6.92 Å². The lowest BCUT2D eigenvalue weighted by Crippen LogP contribution is -2.22. The van der Waals surface area contributed by atoms with E-state index < -0.39 is 40.9 Å². The Labute approximate surface area is 228 Å². The number of halogens is 7. The molecule has 3 rings (SSSR count). The molecule has 0 saturated heterocycles. The first kappa shape index (κ1) is 29.3. The van der Waals surface area contributed by atoms with Gasteiger partial charge in [-0.25, -0.2) is 13.6 Å². The van der Waals surface area contributed by atoms with Crippen LogP contribution in [0.3, 0.4) is 0 Å². The van der Waals surface area contributed by atoms with E-state index in [1.807, 2.05) is 0 Å². The lowest BCUT2D eigenvalue weighted by molar-refractivity contribution is -0.0498. The van der Waals surface area contributed by atoms with Crippen LogP contribution >= 0.6 is 34.8 Å². The SMILES string of the molecule is Cc1nn(-c2ccc(OC(F)F)cc2)c(OC(=O)OCC(Cl)(Cl)Cl)c1C(=O)Nc1cccc(C(C)(F)F)c1. The van der Waals surface area contributed by atoms with Gasteiger partial charge in [0.2, 0.25) is 9.67 Å². The molecule has 204 valence electrons. The van der Waals surface area contributed by atoms with E-state index in [1.54, 1.807) is 0 Å². The number of rotatable bonds is 8. The highest BCUT2D eigenvalue weighted by atomic mass is 35.6. The van der Waals surface area contributed by atoms with Gasteiger partial charge in [0.25, 0.3) is 11.8 Å². The van der Waals surface area contributed by atoms with Gasteiger partial charge in [0.15, 0.2) is 0 Å². The number of aromatic nitrogens is 2. The van der Waals surface area contributed by atoms with Crippen LogP contribution in [0.5, 0.6) is 11.6 Å². The van der Waals surface area contributed by atoms with Crippen LogP contribution in [-0.2, 0) is 10.7 Å². The first-order valence-electron chi connectivity index (χ1n) is 10.5. The summed E-state index contributed by atoms with van der Waals surface area (Å²) in [6, 6.07) is 9.97. The van der Waals surface area contributed by atoms with Crippen molar-refractivity contribution in [1.82, 2.24) is 9.78 Å². The summed E-state index contributed by atoms with van der Waals surface area (Å²) in [7, 11) is 0. The third-order valence-corrected chi connectivity index (χ3v) is 5.04. The number of amides is 1. The zero-order valence-corrected chi connectivity index (χ0v) is 21.8. The fourth-order valence-corrected chi connectivity index (χ4v) is 3.28. The van der Waals surface area contributed by atoms with Crippen molar-refractivity contribution in [1.29, 1.82) is 0 Å². The Morgan fingerprint density at radius 2 is 1.76 bits per heavy atom. The predicted molar refractivity (Wildman–Crippen MR) is 131 cm³/mol. The minimum atomic E-state index is -3.16. The number of hydrogen-bond donors (Lipinski definition) is 1. The maximum atomic E-state index is 13.7. The first-order chi connectivity index (χ1) is 17.6. The Balaban J connectivity index is 1.99. The standard InChI is InChI=1S/C23H18Cl3F4N3O5/c1-12-17(18(34)31-14-5-3-4-13(10-14)22(2,29)30)19(38-21(35)36-11-23(24,25)26)33(32-12)15-6-8-16(9-7-15)37-20(27)28/h3-10,20H,11H2,1-2H3,(H,31,34). The van der Waals surface area contributed by atoms with E-state index in [9.17, 15) is 27.2 Å². The number of anilines is 1. The van der Waals surface area contributed by atoms with Crippen LogP contribution < -0.4 is 14.8 Å². The lowest BCUT2D eigenvalue weighted by atomic mass is 10.1. The van der Waals surface area contributed by atoms with Gasteiger partial charge in [-0.1, -0.05) is 46.9 Å². The predicted octanol–water partition coefficient (Wildman–Crippen LogP) is 7.03. The molecule has 1 N–H and O–H groups in total. The fourth-order valence-electron chi connectivity index (χ4n) is 3.12. The van der Waals surface area contributed by atoms with Gasteiger partial charge in [0.1, 0.15) is 17.9 Å². The maximum absolute atomic E-state index is 13.7. The highest BCUT2D eigenvalue weighted by Gasteiger charge is 2.29. The molecule has 0 fully saturated rings. The number of hydrogen-bond acceptors (Lipinski definition) is 6. The van der Waals surface area contributed by atoms with Crippen molar-refractivity contribution in [3.8, 4) is 17.3 Å². The highest BCUT2D eigenvalue weighted by molar-refractivity contribution is 6.67. The summed E-state index contributed by atoms with van der Waals surface area (Å²) in [5.41, 5.74) is -0.362. The van der Waals surface area contributed by atoms with Crippen LogP contribution in [0.25, 0.3) is 5.69 Å². The second-order valence-electron chi connectivity index (χ2n) is 7.73. The first-order valence-corrected chi connectivity index (χ1v) is 11.6. The van der Waals surface area contributed by atoms with E-state index in [4.69, 9.17) is 44.3 Å². The van der Waals surface area contributed by atoms with E-state index in [-0.39, 0.29) is 33.9 Å². The molecule has 0 aliphatic heterocycles. The van der Waals surface area contributed by atoms with Crippen molar-refractivity contribution in [2.75, 3.05) is 11.9 Å². The molecule has 1 aromatic heterocycles. The number of ether oxygens (including phenoxy) is 3. The number of alkyl halides is 7. The second-order valence-corrected chi connectivity index (χ2v) is 10.2. The zero-order valence-electron chi connectivity index (χ0n) is 19.5. The minimum absolute atomic E-state index is 0.0272. The Hall–Kier alpha value is -3.22. The van der Waals surface area contributed by atoms with Crippen LogP contribution in [0.4, 0.5) is 28.0 Å². The average Bonchev–Trinajstić information content (AvgIpc) is 3.12. The Morgan fingerprint density at radius 1 is 1.11 bits per heavy atom. The van der Waals surface area contributed by atoms with Crippen molar-refractivity contribution in [3.63, 3.8) is 0 Å². The van der Waals surface area contributed by atoms with Gasteiger partial charge >= 0.3 is 12.8 Å². The molecular weight excluding hydrogens is 581 g/mol. The van der Waals surface area contributed by atoms with Crippen LogP contribution in [-0.4, -0.2) is 38.9 Å². The van der Waals surface area contributed by atoms with Crippen molar-refractivity contribution in [3.05, 3.63) is 65.4 Å². The molecule has 0 aliphatic rings. The Bertz CT molecular complexity index is 1310. The summed E-state index contributed by atoms with van der Waals surface area (Å²) in [4.78, 5) is 25.5. The fraction of sp³-hybridized carbons (Fsp3) is 0.261. The van der Waals surface area contributed by atoms with Crippen molar-refractivity contribution >= 4 is 52.6 Å². The average molecular weight is 599 g/mol. The maximum Gasteiger partial charge on any atom is 0.515 e. The summed E-state index contributed by atoms with van der Waals surface area (Å²) in [5, 5.41) is 6.64. The van der Waals surface area contributed by atoms with Gasteiger partial charge in [-0.05, 0) is 43.3 Å². The van der Waals surface area contributed by atoms with E-state index in [0.717, 1.165) is 10.7 Å². The van der Waals surface area contributed by atoms with E-state index >= 15 is 0 Å². The van der Waals surface area contributed by atoms with E-state index in [1.165, 1.54) is 49.4 Å². The molecule has 1 heterocycles. The normalized spacial score (nSPS) is 11.8. The summed E-state index contributed by atoms with van der Waals surface area (Å²) < 4.78 is 65.8. The molecule has 1 amide bonds.